The molecule has 0 bridgehead atoms. The summed E-state index contributed by atoms with van der Waals surface area (Å²) >= 11 is 5.72. The second kappa shape index (κ2) is 7.65. The predicted molar refractivity (Wildman–Crippen MR) is 91.3 cm³/mol. The zero-order chi connectivity index (χ0) is 19.5. The minimum atomic E-state index is -4.85. The first-order valence-electron chi connectivity index (χ1n) is 7.26. The third kappa shape index (κ3) is 4.96. The summed E-state index contributed by atoms with van der Waals surface area (Å²) in [5.74, 6) is -0.736. The number of halogens is 4. The van der Waals surface area contributed by atoms with Gasteiger partial charge in [0.15, 0.2) is 0 Å². The van der Waals surface area contributed by atoms with E-state index in [4.69, 9.17) is 11.6 Å². The van der Waals surface area contributed by atoms with E-state index in [0.717, 1.165) is 12.1 Å². The molecular weight excluding hydrogens is 393 g/mol. The van der Waals surface area contributed by atoms with Crippen LogP contribution in [0.5, 0.6) is 0 Å². The lowest BCUT2D eigenvalue weighted by Gasteiger charge is -2.17. The van der Waals surface area contributed by atoms with Crippen molar-refractivity contribution in [1.82, 2.24) is 4.72 Å². The van der Waals surface area contributed by atoms with E-state index < -0.39 is 38.6 Å². The topological polar surface area (TPSA) is 75.3 Å². The second-order valence-corrected chi connectivity index (χ2v) is 7.45. The Morgan fingerprint density at radius 3 is 2.23 bits per heavy atom. The third-order valence-corrected chi connectivity index (χ3v) is 5.17. The lowest BCUT2D eigenvalue weighted by molar-refractivity contribution is -0.139. The van der Waals surface area contributed by atoms with Gasteiger partial charge in [-0.2, -0.15) is 17.9 Å². The Balaban J connectivity index is 2.19. The highest BCUT2D eigenvalue weighted by Gasteiger charge is 2.37. The second-order valence-electron chi connectivity index (χ2n) is 5.33. The molecule has 2 rings (SSSR count). The van der Waals surface area contributed by atoms with Gasteiger partial charge in [0.25, 0.3) is 0 Å². The smallest absolute Gasteiger partial charge is 0.325 e. The molecule has 10 heteroatoms. The largest absolute Gasteiger partial charge is 0.417 e. The van der Waals surface area contributed by atoms with Crippen LogP contribution in [0, 0.1) is 0 Å². The number of anilines is 1. The van der Waals surface area contributed by atoms with Gasteiger partial charge in [0, 0.05) is 10.7 Å². The molecule has 0 radical (unpaired) electrons. The van der Waals surface area contributed by atoms with Gasteiger partial charge in [-0.25, -0.2) is 8.42 Å². The fourth-order valence-electron chi connectivity index (χ4n) is 2.07. The van der Waals surface area contributed by atoms with Crippen LogP contribution in [0.25, 0.3) is 0 Å². The molecule has 0 aliphatic heterocycles. The van der Waals surface area contributed by atoms with Crippen molar-refractivity contribution in [1.29, 1.82) is 0 Å². The molecule has 0 fully saturated rings. The highest BCUT2D eigenvalue weighted by Crippen LogP contribution is 2.33. The van der Waals surface area contributed by atoms with Gasteiger partial charge in [0.1, 0.15) is 0 Å². The molecule has 0 aliphatic carbocycles. The number of sulfonamides is 1. The van der Waals surface area contributed by atoms with Crippen LogP contribution in [0.3, 0.4) is 0 Å². The van der Waals surface area contributed by atoms with Crippen LogP contribution in [0.1, 0.15) is 12.5 Å². The molecule has 26 heavy (non-hydrogen) atoms. The van der Waals surface area contributed by atoms with Crippen LogP contribution >= 0.6 is 11.6 Å². The van der Waals surface area contributed by atoms with E-state index in [2.05, 4.69) is 5.32 Å². The monoisotopic (exact) mass is 406 g/mol. The molecule has 0 spiro atoms. The van der Waals surface area contributed by atoms with Gasteiger partial charge in [-0.1, -0.05) is 23.7 Å². The molecule has 0 aliphatic rings. The Morgan fingerprint density at radius 1 is 1.08 bits per heavy atom. The summed E-state index contributed by atoms with van der Waals surface area (Å²) in [6, 6.07) is 8.47. The average molecular weight is 407 g/mol. The number of amides is 1. The van der Waals surface area contributed by atoms with Crippen LogP contribution in [-0.2, 0) is 21.0 Å². The number of nitrogens with one attached hydrogen (secondary N) is 2. The maximum absolute atomic E-state index is 13.0. The number of carbonyl (C=O) groups is 1. The van der Waals surface area contributed by atoms with Crippen molar-refractivity contribution >= 4 is 33.2 Å². The first kappa shape index (κ1) is 20.2. The van der Waals surface area contributed by atoms with Gasteiger partial charge >= 0.3 is 6.18 Å². The molecule has 2 N–H and O–H groups in total. The summed E-state index contributed by atoms with van der Waals surface area (Å²) in [5.41, 5.74) is -0.945. The molecule has 1 atom stereocenters. The number of carbonyl (C=O) groups excluding carboxylic acids is 1. The van der Waals surface area contributed by atoms with Crippen LogP contribution in [0.2, 0.25) is 5.02 Å². The van der Waals surface area contributed by atoms with Gasteiger partial charge in [0.05, 0.1) is 16.5 Å². The summed E-state index contributed by atoms with van der Waals surface area (Å²) in [5, 5.41) is 2.89. The Hall–Kier alpha value is -2.10. The molecule has 0 saturated carbocycles. The molecule has 0 aromatic heterocycles. The summed E-state index contributed by atoms with van der Waals surface area (Å²) in [7, 11) is -4.57. The summed E-state index contributed by atoms with van der Waals surface area (Å²) in [6.45, 7) is 1.22. The van der Waals surface area contributed by atoms with E-state index in [-0.39, 0.29) is 0 Å². The predicted octanol–water partition coefficient (Wildman–Crippen LogP) is 3.66. The molecule has 2 aromatic carbocycles. The normalized spacial score (nSPS) is 13.3. The quantitative estimate of drug-likeness (QED) is 0.795. The Kier molecular flexibility index (Phi) is 5.94. The van der Waals surface area contributed by atoms with Crippen molar-refractivity contribution in [2.75, 3.05) is 5.32 Å². The minimum Gasteiger partial charge on any atom is -0.325 e. The number of hydrogen-bond acceptors (Lipinski definition) is 3. The van der Waals surface area contributed by atoms with Crippen LogP contribution in [-0.4, -0.2) is 20.4 Å². The Morgan fingerprint density at radius 2 is 1.65 bits per heavy atom. The SMILES string of the molecule is CC(NS(=O)(=O)c1ccccc1C(F)(F)F)C(=O)Nc1ccc(Cl)cc1. The van der Waals surface area contributed by atoms with Crippen molar-refractivity contribution in [2.24, 2.45) is 0 Å². The fraction of sp³-hybridized carbons (Fsp3) is 0.188. The van der Waals surface area contributed by atoms with Crippen molar-refractivity contribution in [3.8, 4) is 0 Å². The number of alkyl halides is 3. The average Bonchev–Trinajstić information content (AvgIpc) is 2.55. The maximum Gasteiger partial charge on any atom is 0.417 e. The van der Waals surface area contributed by atoms with Gasteiger partial charge < -0.3 is 5.32 Å². The third-order valence-electron chi connectivity index (χ3n) is 3.32. The van der Waals surface area contributed by atoms with Crippen molar-refractivity contribution in [3.05, 3.63) is 59.1 Å². The highest BCUT2D eigenvalue weighted by molar-refractivity contribution is 7.89. The van der Waals surface area contributed by atoms with Crippen LogP contribution < -0.4 is 10.0 Å². The van der Waals surface area contributed by atoms with Crippen molar-refractivity contribution in [2.45, 2.75) is 24.0 Å². The number of rotatable bonds is 5. The van der Waals surface area contributed by atoms with Crippen LogP contribution in [0.4, 0.5) is 18.9 Å². The molecule has 0 saturated heterocycles. The molecule has 0 heterocycles. The highest BCUT2D eigenvalue weighted by atomic mass is 35.5. The van der Waals surface area contributed by atoms with E-state index >= 15 is 0 Å². The van der Waals surface area contributed by atoms with Gasteiger partial charge in [0.2, 0.25) is 15.9 Å². The van der Waals surface area contributed by atoms with Gasteiger partial charge in [-0.3, -0.25) is 4.79 Å². The first-order valence-corrected chi connectivity index (χ1v) is 9.12. The lowest BCUT2D eigenvalue weighted by Crippen LogP contribution is -2.42. The zero-order valence-corrected chi connectivity index (χ0v) is 14.9. The van der Waals surface area contributed by atoms with Gasteiger partial charge in [-0.15, -0.1) is 0 Å². The van der Waals surface area contributed by atoms with Crippen LogP contribution in [0.15, 0.2) is 53.4 Å². The Labute approximate surface area is 153 Å². The zero-order valence-electron chi connectivity index (χ0n) is 13.3. The minimum absolute atomic E-state index is 0.362. The molecule has 140 valence electrons. The van der Waals surface area contributed by atoms with Gasteiger partial charge in [-0.05, 0) is 43.3 Å². The number of benzene rings is 2. The Bertz CT molecular complexity index is 900. The fourth-order valence-corrected chi connectivity index (χ4v) is 3.63. The van der Waals surface area contributed by atoms with E-state index in [0.29, 0.717) is 16.8 Å². The van der Waals surface area contributed by atoms with Crippen molar-refractivity contribution < 1.29 is 26.4 Å². The first-order chi connectivity index (χ1) is 12.0. The summed E-state index contributed by atoms with van der Waals surface area (Å²) < 4.78 is 65.6. The van der Waals surface area contributed by atoms with E-state index in [1.807, 2.05) is 4.72 Å². The maximum atomic E-state index is 13.0. The lowest BCUT2D eigenvalue weighted by atomic mass is 10.2. The number of hydrogen-bond donors (Lipinski definition) is 2. The van der Waals surface area contributed by atoms with E-state index in [9.17, 15) is 26.4 Å². The molecular formula is C16H14ClF3N2O3S. The molecule has 5 nitrogen and oxygen atoms in total. The molecule has 1 unspecified atom stereocenters. The summed E-state index contributed by atoms with van der Waals surface area (Å²) in [4.78, 5) is 11.1. The van der Waals surface area contributed by atoms with E-state index in [1.165, 1.54) is 37.3 Å². The molecule has 2 aromatic rings. The van der Waals surface area contributed by atoms with E-state index in [1.54, 1.807) is 0 Å². The van der Waals surface area contributed by atoms with Crippen molar-refractivity contribution in [3.63, 3.8) is 0 Å². The molecule has 1 amide bonds. The summed E-state index contributed by atoms with van der Waals surface area (Å²) in [6.07, 6.45) is -4.85. The standard InChI is InChI=1S/C16H14ClF3N2O3S/c1-10(15(23)21-12-8-6-11(17)7-9-12)22-26(24,25)14-5-3-2-4-13(14)16(18,19)20/h2-10,22H,1H3,(H,21,23).